The lowest BCUT2D eigenvalue weighted by atomic mass is 9.94. The van der Waals surface area contributed by atoms with Crippen LogP contribution in [0.1, 0.15) is 36.5 Å². The second kappa shape index (κ2) is 5.45. The third kappa shape index (κ3) is 3.06. The predicted molar refractivity (Wildman–Crippen MR) is 72.0 cm³/mol. The van der Waals surface area contributed by atoms with Gasteiger partial charge in [0.05, 0.1) is 12.7 Å². The summed E-state index contributed by atoms with van der Waals surface area (Å²) in [5.41, 5.74) is 1.90. The first-order chi connectivity index (χ1) is 8.93. The number of methoxy groups -OCH3 is 1. The second-order valence-corrected chi connectivity index (χ2v) is 5.33. The molecule has 4 heteroatoms. The molecule has 1 atom stereocenters. The smallest absolute Gasteiger partial charge is 0.274 e. The van der Waals surface area contributed by atoms with E-state index in [0.717, 1.165) is 43.9 Å². The quantitative estimate of drug-likeness (QED) is 0.904. The number of aryl methyl sites for hydroxylation is 1. The Morgan fingerprint density at radius 1 is 1.42 bits per heavy atom. The lowest BCUT2D eigenvalue weighted by molar-refractivity contribution is 0.0149. The van der Waals surface area contributed by atoms with E-state index in [4.69, 9.17) is 4.74 Å². The van der Waals surface area contributed by atoms with E-state index in [9.17, 15) is 8.78 Å². The SMILES string of the molecule is COc1c(C(C)(F)F)ccc(C)c1CC1CCCN1. The van der Waals surface area contributed by atoms with Crippen LogP contribution in [0.2, 0.25) is 0 Å². The van der Waals surface area contributed by atoms with Crippen molar-refractivity contribution in [3.05, 3.63) is 28.8 Å². The van der Waals surface area contributed by atoms with Crippen LogP contribution in [0.5, 0.6) is 5.75 Å². The maximum atomic E-state index is 13.6. The Morgan fingerprint density at radius 2 is 2.16 bits per heavy atom. The molecule has 19 heavy (non-hydrogen) atoms. The molecule has 1 aliphatic heterocycles. The van der Waals surface area contributed by atoms with Crippen molar-refractivity contribution in [3.63, 3.8) is 0 Å². The summed E-state index contributed by atoms with van der Waals surface area (Å²) in [6, 6.07) is 3.60. The van der Waals surface area contributed by atoms with E-state index < -0.39 is 5.92 Å². The zero-order valence-corrected chi connectivity index (χ0v) is 11.7. The Morgan fingerprint density at radius 3 is 2.68 bits per heavy atom. The molecule has 1 aromatic carbocycles. The highest BCUT2D eigenvalue weighted by atomic mass is 19.3. The van der Waals surface area contributed by atoms with Gasteiger partial charge in [0.2, 0.25) is 0 Å². The van der Waals surface area contributed by atoms with Gasteiger partial charge in [0.15, 0.2) is 0 Å². The van der Waals surface area contributed by atoms with Crippen LogP contribution < -0.4 is 10.1 Å². The lowest BCUT2D eigenvalue weighted by Gasteiger charge is -2.21. The monoisotopic (exact) mass is 269 g/mol. The van der Waals surface area contributed by atoms with Gasteiger partial charge in [-0.25, -0.2) is 8.78 Å². The van der Waals surface area contributed by atoms with E-state index in [1.807, 2.05) is 6.92 Å². The minimum Gasteiger partial charge on any atom is -0.496 e. The van der Waals surface area contributed by atoms with Crippen LogP contribution in [0.25, 0.3) is 0 Å². The molecule has 1 aliphatic rings. The van der Waals surface area contributed by atoms with Crippen molar-refractivity contribution in [1.82, 2.24) is 5.32 Å². The summed E-state index contributed by atoms with van der Waals surface area (Å²) in [5, 5.41) is 3.40. The van der Waals surface area contributed by atoms with E-state index in [1.165, 1.54) is 13.2 Å². The Kier molecular flexibility index (Phi) is 4.09. The fraction of sp³-hybridized carbons (Fsp3) is 0.600. The van der Waals surface area contributed by atoms with Crippen molar-refractivity contribution in [2.75, 3.05) is 13.7 Å². The maximum Gasteiger partial charge on any atom is 0.274 e. The molecule has 1 heterocycles. The first-order valence-corrected chi connectivity index (χ1v) is 6.71. The molecule has 0 radical (unpaired) electrons. The van der Waals surface area contributed by atoms with Crippen molar-refractivity contribution in [3.8, 4) is 5.75 Å². The summed E-state index contributed by atoms with van der Waals surface area (Å²) >= 11 is 0. The highest BCUT2D eigenvalue weighted by molar-refractivity contribution is 5.48. The Hall–Kier alpha value is -1.16. The van der Waals surface area contributed by atoms with Gasteiger partial charge < -0.3 is 10.1 Å². The van der Waals surface area contributed by atoms with Gasteiger partial charge in [-0.1, -0.05) is 6.07 Å². The van der Waals surface area contributed by atoms with Gasteiger partial charge in [0, 0.05) is 13.0 Å². The minimum absolute atomic E-state index is 0.0198. The molecule has 1 unspecified atom stereocenters. The average Bonchev–Trinajstić information content (AvgIpc) is 2.82. The fourth-order valence-corrected chi connectivity index (χ4v) is 2.74. The Bertz CT molecular complexity index is 448. The van der Waals surface area contributed by atoms with Gasteiger partial charge in [-0.15, -0.1) is 0 Å². The molecule has 0 aromatic heterocycles. The predicted octanol–water partition coefficient (Wildman–Crippen LogP) is 3.41. The van der Waals surface area contributed by atoms with Gasteiger partial charge in [0.25, 0.3) is 5.92 Å². The van der Waals surface area contributed by atoms with Crippen molar-refractivity contribution in [2.24, 2.45) is 0 Å². The zero-order valence-electron chi connectivity index (χ0n) is 11.7. The molecule has 0 spiro atoms. The molecule has 0 amide bonds. The maximum absolute atomic E-state index is 13.6. The first-order valence-electron chi connectivity index (χ1n) is 6.71. The van der Waals surface area contributed by atoms with Crippen molar-refractivity contribution < 1.29 is 13.5 Å². The largest absolute Gasteiger partial charge is 0.496 e. The molecule has 1 N–H and O–H groups in total. The zero-order chi connectivity index (χ0) is 14.0. The molecule has 1 aromatic rings. The van der Waals surface area contributed by atoms with E-state index in [2.05, 4.69) is 5.32 Å². The van der Waals surface area contributed by atoms with Crippen molar-refractivity contribution in [1.29, 1.82) is 0 Å². The van der Waals surface area contributed by atoms with Gasteiger partial charge in [-0.3, -0.25) is 0 Å². The van der Waals surface area contributed by atoms with Gasteiger partial charge in [-0.2, -0.15) is 0 Å². The molecule has 2 nitrogen and oxygen atoms in total. The van der Waals surface area contributed by atoms with E-state index in [1.54, 1.807) is 6.07 Å². The standard InChI is InChI=1S/C15H21F2NO/c1-10-6-7-13(15(2,16)17)14(19-3)12(10)9-11-5-4-8-18-11/h6-7,11,18H,4-5,8-9H2,1-3H3. The number of ether oxygens (including phenoxy) is 1. The summed E-state index contributed by atoms with van der Waals surface area (Å²) in [6.45, 7) is 3.87. The van der Waals surface area contributed by atoms with Crippen LogP contribution in [0.15, 0.2) is 12.1 Å². The number of hydrogen-bond acceptors (Lipinski definition) is 2. The number of benzene rings is 1. The summed E-state index contributed by atoms with van der Waals surface area (Å²) < 4.78 is 32.5. The third-order valence-corrected chi connectivity index (χ3v) is 3.78. The molecule has 1 saturated heterocycles. The third-order valence-electron chi connectivity index (χ3n) is 3.78. The molecule has 106 valence electrons. The highest BCUT2D eigenvalue weighted by Crippen LogP contribution is 2.38. The van der Waals surface area contributed by atoms with Gasteiger partial charge >= 0.3 is 0 Å². The number of alkyl halides is 2. The van der Waals surface area contributed by atoms with Crippen LogP contribution in [0.4, 0.5) is 8.78 Å². The lowest BCUT2D eigenvalue weighted by Crippen LogP contribution is -2.24. The normalized spacial score (nSPS) is 19.7. The summed E-state index contributed by atoms with van der Waals surface area (Å²) in [4.78, 5) is 0. The van der Waals surface area contributed by atoms with Gasteiger partial charge in [0.1, 0.15) is 5.75 Å². The average molecular weight is 269 g/mol. The summed E-state index contributed by atoms with van der Waals surface area (Å²) in [7, 11) is 1.47. The Balaban J connectivity index is 2.39. The molecule has 1 fully saturated rings. The fourth-order valence-electron chi connectivity index (χ4n) is 2.74. The van der Waals surface area contributed by atoms with Crippen LogP contribution in [0, 0.1) is 6.92 Å². The van der Waals surface area contributed by atoms with E-state index in [-0.39, 0.29) is 5.56 Å². The number of halogens is 2. The molecule has 0 saturated carbocycles. The Labute approximate surface area is 113 Å². The summed E-state index contributed by atoms with van der Waals surface area (Å²) in [5.74, 6) is -2.53. The van der Waals surface area contributed by atoms with Crippen LogP contribution in [-0.4, -0.2) is 19.7 Å². The number of rotatable bonds is 4. The molecule has 0 aliphatic carbocycles. The first kappa shape index (κ1) is 14.3. The topological polar surface area (TPSA) is 21.3 Å². The van der Waals surface area contributed by atoms with Crippen LogP contribution in [0.3, 0.4) is 0 Å². The number of nitrogens with one attached hydrogen (secondary N) is 1. The molecular weight excluding hydrogens is 248 g/mol. The van der Waals surface area contributed by atoms with Gasteiger partial charge in [-0.05, 0) is 49.9 Å². The minimum atomic E-state index is -2.88. The van der Waals surface area contributed by atoms with Crippen LogP contribution >= 0.6 is 0 Å². The number of hydrogen-bond donors (Lipinski definition) is 1. The van der Waals surface area contributed by atoms with E-state index in [0.29, 0.717) is 11.8 Å². The second-order valence-electron chi connectivity index (χ2n) is 5.33. The molecular formula is C15H21F2NO. The van der Waals surface area contributed by atoms with Crippen LogP contribution in [-0.2, 0) is 12.3 Å². The van der Waals surface area contributed by atoms with Crippen molar-refractivity contribution >= 4 is 0 Å². The highest BCUT2D eigenvalue weighted by Gasteiger charge is 2.31. The molecule has 2 rings (SSSR count). The van der Waals surface area contributed by atoms with Crippen molar-refractivity contribution in [2.45, 2.75) is 45.1 Å². The summed E-state index contributed by atoms with van der Waals surface area (Å²) in [6.07, 6.45) is 2.99. The van der Waals surface area contributed by atoms with E-state index >= 15 is 0 Å². The molecule has 0 bridgehead atoms.